The van der Waals surface area contributed by atoms with Crippen LogP contribution < -0.4 is 0 Å². The molecule has 3 nitrogen and oxygen atoms in total. The van der Waals surface area contributed by atoms with Crippen LogP contribution in [0.5, 0.6) is 0 Å². The number of pyridine rings is 1. The van der Waals surface area contributed by atoms with Crippen molar-refractivity contribution in [2.24, 2.45) is 0 Å². The molecule has 0 spiro atoms. The van der Waals surface area contributed by atoms with Crippen LogP contribution in [0.3, 0.4) is 0 Å². The first-order chi connectivity index (χ1) is 13.8. The largest absolute Gasteiger partial charge is 0.308 e. The van der Waals surface area contributed by atoms with Crippen molar-refractivity contribution >= 4 is 21.9 Å². The summed E-state index contributed by atoms with van der Waals surface area (Å²) in [7, 11) is 0. The number of benzene rings is 3. The van der Waals surface area contributed by atoms with Crippen LogP contribution in [0.2, 0.25) is 0 Å². The van der Waals surface area contributed by atoms with Crippen LogP contribution in [0, 0.1) is 6.92 Å². The highest BCUT2D eigenvalue weighted by atomic mass is 15.1. The zero-order valence-corrected chi connectivity index (χ0v) is 15.8. The maximum absolute atomic E-state index is 4.89. The number of nitrogens with zero attached hydrogens (tertiary/aromatic N) is 3. The molecular formula is C25H21N3. The lowest BCUT2D eigenvalue weighted by molar-refractivity contribution is 0.720. The molecule has 3 heteroatoms. The standard InChI is InChI=1S/C25H21N3/c1-18-11-13-21(14-12-18)24-27-23-10-5-16-26-25(23)28(24)17-15-20-8-4-7-19-6-2-3-9-22(19)20/h2-14,16H,15,17H2,1H3. The van der Waals surface area contributed by atoms with Gasteiger partial charge < -0.3 is 4.57 Å². The Balaban J connectivity index is 1.58. The molecule has 0 radical (unpaired) electrons. The molecule has 0 aliphatic rings. The molecule has 0 bridgehead atoms. The second-order valence-electron chi connectivity index (χ2n) is 7.19. The molecule has 0 amide bonds. The second kappa shape index (κ2) is 6.93. The lowest BCUT2D eigenvalue weighted by Gasteiger charge is -2.11. The van der Waals surface area contributed by atoms with Crippen LogP contribution in [-0.2, 0) is 13.0 Å². The number of hydrogen-bond donors (Lipinski definition) is 0. The summed E-state index contributed by atoms with van der Waals surface area (Å²) in [5.74, 6) is 0.980. The van der Waals surface area contributed by atoms with Gasteiger partial charge in [-0.2, -0.15) is 0 Å². The van der Waals surface area contributed by atoms with Crippen molar-refractivity contribution in [2.45, 2.75) is 19.9 Å². The summed E-state index contributed by atoms with van der Waals surface area (Å²) in [5.41, 5.74) is 5.61. The van der Waals surface area contributed by atoms with Crippen LogP contribution in [0.1, 0.15) is 11.1 Å². The van der Waals surface area contributed by atoms with Gasteiger partial charge in [0.1, 0.15) is 11.3 Å². The molecule has 2 aromatic heterocycles. The normalized spacial score (nSPS) is 11.3. The zero-order valence-electron chi connectivity index (χ0n) is 15.8. The molecule has 5 aromatic rings. The van der Waals surface area contributed by atoms with Crippen LogP contribution in [0.15, 0.2) is 85.1 Å². The van der Waals surface area contributed by atoms with Crippen molar-refractivity contribution in [3.8, 4) is 11.4 Å². The fourth-order valence-corrected chi connectivity index (χ4v) is 3.84. The highest BCUT2D eigenvalue weighted by Gasteiger charge is 2.14. The maximum atomic E-state index is 4.89. The van der Waals surface area contributed by atoms with Crippen LogP contribution in [-0.4, -0.2) is 14.5 Å². The van der Waals surface area contributed by atoms with Gasteiger partial charge in [-0.15, -0.1) is 0 Å². The molecule has 5 rings (SSSR count). The van der Waals surface area contributed by atoms with Gasteiger partial charge in [-0.25, -0.2) is 9.97 Å². The van der Waals surface area contributed by atoms with E-state index in [0.717, 1.165) is 35.5 Å². The summed E-state index contributed by atoms with van der Waals surface area (Å²) in [6.07, 6.45) is 2.78. The minimum atomic E-state index is 0.838. The van der Waals surface area contributed by atoms with E-state index in [0.29, 0.717) is 0 Å². The first-order valence-corrected chi connectivity index (χ1v) is 9.64. The number of aryl methyl sites for hydroxylation is 3. The van der Waals surface area contributed by atoms with Gasteiger partial charge in [0.05, 0.1) is 0 Å². The SMILES string of the molecule is Cc1ccc(-c2nc3cccnc3n2CCc2cccc3ccccc23)cc1. The predicted molar refractivity (Wildman–Crippen MR) is 115 cm³/mol. The molecule has 0 atom stereocenters. The predicted octanol–water partition coefficient (Wildman–Crippen LogP) is 5.80. The molecule has 0 aliphatic heterocycles. The van der Waals surface area contributed by atoms with Gasteiger partial charge in [-0.1, -0.05) is 72.3 Å². The number of fused-ring (bicyclic) bond motifs is 2. The van der Waals surface area contributed by atoms with Crippen molar-refractivity contribution in [2.75, 3.05) is 0 Å². The van der Waals surface area contributed by atoms with Gasteiger partial charge in [0, 0.05) is 18.3 Å². The van der Waals surface area contributed by atoms with Crippen molar-refractivity contribution in [1.82, 2.24) is 14.5 Å². The second-order valence-corrected chi connectivity index (χ2v) is 7.19. The van der Waals surface area contributed by atoms with E-state index in [1.165, 1.54) is 21.9 Å². The summed E-state index contributed by atoms with van der Waals surface area (Å²) >= 11 is 0. The Morgan fingerprint density at radius 3 is 2.54 bits per heavy atom. The highest BCUT2D eigenvalue weighted by Crippen LogP contribution is 2.26. The lowest BCUT2D eigenvalue weighted by atomic mass is 10.0. The summed E-state index contributed by atoms with van der Waals surface area (Å²) < 4.78 is 2.25. The third-order valence-corrected chi connectivity index (χ3v) is 5.30. The third kappa shape index (κ3) is 2.95. The van der Waals surface area contributed by atoms with Gasteiger partial charge in [0.15, 0.2) is 5.65 Å². The average Bonchev–Trinajstić information content (AvgIpc) is 3.11. The topological polar surface area (TPSA) is 30.7 Å². The molecule has 0 aliphatic carbocycles. The first kappa shape index (κ1) is 16.7. The van der Waals surface area contributed by atoms with E-state index in [1.54, 1.807) is 0 Å². The number of imidazole rings is 1. The Hall–Kier alpha value is -3.46. The summed E-state index contributed by atoms with van der Waals surface area (Å²) in [6, 6.07) is 27.7. The minimum Gasteiger partial charge on any atom is -0.308 e. The number of hydrogen-bond acceptors (Lipinski definition) is 2. The maximum Gasteiger partial charge on any atom is 0.160 e. The quantitative estimate of drug-likeness (QED) is 0.404. The van der Waals surface area contributed by atoms with Gasteiger partial charge >= 0.3 is 0 Å². The van der Waals surface area contributed by atoms with Crippen LogP contribution >= 0.6 is 0 Å². The fraction of sp³-hybridized carbons (Fsp3) is 0.120. The van der Waals surface area contributed by atoms with Gasteiger partial charge in [0.2, 0.25) is 0 Å². The molecular weight excluding hydrogens is 342 g/mol. The zero-order chi connectivity index (χ0) is 18.9. The summed E-state index contributed by atoms with van der Waals surface area (Å²) in [6.45, 7) is 2.94. The number of rotatable bonds is 4. The Labute approximate surface area is 164 Å². The summed E-state index contributed by atoms with van der Waals surface area (Å²) in [5, 5.41) is 2.60. The molecule has 0 saturated carbocycles. The fourth-order valence-electron chi connectivity index (χ4n) is 3.84. The molecule has 0 N–H and O–H groups in total. The third-order valence-electron chi connectivity index (χ3n) is 5.30. The molecule has 0 saturated heterocycles. The Kier molecular flexibility index (Phi) is 4.13. The lowest BCUT2D eigenvalue weighted by Crippen LogP contribution is -2.05. The molecule has 28 heavy (non-hydrogen) atoms. The monoisotopic (exact) mass is 363 g/mol. The molecule has 0 unspecified atom stereocenters. The van der Waals surface area contributed by atoms with Gasteiger partial charge in [0.25, 0.3) is 0 Å². The first-order valence-electron chi connectivity index (χ1n) is 9.64. The van der Waals surface area contributed by atoms with Crippen molar-refractivity contribution in [3.63, 3.8) is 0 Å². The number of aromatic nitrogens is 3. The molecule has 2 heterocycles. The Bertz CT molecular complexity index is 1260. The van der Waals surface area contributed by atoms with E-state index in [4.69, 9.17) is 4.98 Å². The van der Waals surface area contributed by atoms with E-state index >= 15 is 0 Å². The molecule has 3 aromatic carbocycles. The van der Waals surface area contributed by atoms with E-state index in [9.17, 15) is 0 Å². The van der Waals surface area contributed by atoms with E-state index < -0.39 is 0 Å². The molecule has 136 valence electrons. The average molecular weight is 363 g/mol. The van der Waals surface area contributed by atoms with Crippen molar-refractivity contribution in [1.29, 1.82) is 0 Å². The van der Waals surface area contributed by atoms with Crippen molar-refractivity contribution in [3.05, 3.63) is 96.2 Å². The highest BCUT2D eigenvalue weighted by molar-refractivity contribution is 5.85. The Morgan fingerprint density at radius 2 is 1.64 bits per heavy atom. The van der Waals surface area contributed by atoms with Crippen LogP contribution in [0.25, 0.3) is 33.3 Å². The van der Waals surface area contributed by atoms with E-state index in [2.05, 4.69) is 83.2 Å². The van der Waals surface area contributed by atoms with E-state index in [-0.39, 0.29) is 0 Å². The smallest absolute Gasteiger partial charge is 0.160 e. The van der Waals surface area contributed by atoms with E-state index in [1.807, 2.05) is 18.3 Å². The van der Waals surface area contributed by atoms with Crippen molar-refractivity contribution < 1.29 is 0 Å². The van der Waals surface area contributed by atoms with Crippen LogP contribution in [0.4, 0.5) is 0 Å². The molecule has 0 fully saturated rings. The minimum absolute atomic E-state index is 0.838. The Morgan fingerprint density at radius 1 is 0.821 bits per heavy atom. The van der Waals surface area contributed by atoms with Gasteiger partial charge in [-0.3, -0.25) is 0 Å². The van der Waals surface area contributed by atoms with Gasteiger partial charge in [-0.05, 0) is 41.8 Å². The summed E-state index contributed by atoms with van der Waals surface area (Å²) in [4.78, 5) is 9.51.